The van der Waals surface area contributed by atoms with Crippen molar-refractivity contribution in [2.24, 2.45) is 5.73 Å². The number of benzene rings is 1. The van der Waals surface area contributed by atoms with Gasteiger partial charge in [-0.2, -0.15) is 0 Å². The van der Waals surface area contributed by atoms with E-state index in [0.717, 1.165) is 48.8 Å². The van der Waals surface area contributed by atoms with Crippen LogP contribution < -0.4 is 5.73 Å². The van der Waals surface area contributed by atoms with Gasteiger partial charge in [0, 0.05) is 30.4 Å². The van der Waals surface area contributed by atoms with Crippen molar-refractivity contribution < 1.29 is 0 Å². The van der Waals surface area contributed by atoms with Gasteiger partial charge in [0.2, 0.25) is 0 Å². The predicted molar refractivity (Wildman–Crippen MR) is 80.1 cm³/mol. The van der Waals surface area contributed by atoms with Crippen molar-refractivity contribution in [3.63, 3.8) is 0 Å². The minimum Gasteiger partial charge on any atom is -0.326 e. The van der Waals surface area contributed by atoms with Crippen molar-refractivity contribution in [2.45, 2.75) is 25.9 Å². The van der Waals surface area contributed by atoms with E-state index in [9.17, 15) is 0 Å². The summed E-state index contributed by atoms with van der Waals surface area (Å²) in [6, 6.07) is 12.6. The Labute approximate surface area is 119 Å². The molecule has 0 radical (unpaired) electrons. The predicted octanol–water partition coefficient (Wildman–Crippen LogP) is 1.99. The Hall–Kier alpha value is -1.78. The second-order valence-corrected chi connectivity index (χ2v) is 5.46. The van der Waals surface area contributed by atoms with Gasteiger partial charge in [-0.3, -0.25) is 4.90 Å². The first-order chi connectivity index (χ1) is 9.70. The molecule has 0 bridgehead atoms. The molecule has 4 nitrogen and oxygen atoms in total. The first-order valence-corrected chi connectivity index (χ1v) is 7.08. The number of rotatable bonds is 3. The van der Waals surface area contributed by atoms with E-state index in [1.807, 2.05) is 31.2 Å². The summed E-state index contributed by atoms with van der Waals surface area (Å²) >= 11 is 0. The van der Waals surface area contributed by atoms with Gasteiger partial charge in [0.1, 0.15) is 5.82 Å². The fourth-order valence-electron chi connectivity index (χ4n) is 2.66. The molecule has 3 rings (SSSR count). The van der Waals surface area contributed by atoms with Crippen LogP contribution in [0.5, 0.6) is 0 Å². The lowest BCUT2D eigenvalue weighted by atomic mass is 10.1. The summed E-state index contributed by atoms with van der Waals surface area (Å²) in [5.41, 5.74) is 9.09. The molecule has 1 fully saturated rings. The molecule has 1 aliphatic rings. The summed E-state index contributed by atoms with van der Waals surface area (Å²) < 4.78 is 0. The third-order valence-corrected chi connectivity index (χ3v) is 3.64. The topological polar surface area (TPSA) is 55.0 Å². The van der Waals surface area contributed by atoms with E-state index >= 15 is 0 Å². The maximum absolute atomic E-state index is 5.95. The summed E-state index contributed by atoms with van der Waals surface area (Å²) in [6.45, 7) is 4.79. The number of aryl methyl sites for hydroxylation is 1. The van der Waals surface area contributed by atoms with E-state index < -0.39 is 0 Å². The van der Waals surface area contributed by atoms with Crippen LogP contribution in [0.15, 0.2) is 36.4 Å². The van der Waals surface area contributed by atoms with Gasteiger partial charge >= 0.3 is 0 Å². The zero-order chi connectivity index (χ0) is 13.9. The number of hydrogen-bond donors (Lipinski definition) is 1. The Balaban J connectivity index is 1.83. The molecule has 1 unspecified atom stereocenters. The largest absolute Gasteiger partial charge is 0.326 e. The molecule has 4 heteroatoms. The Bertz CT molecular complexity index is 582. The normalized spacial score (nSPS) is 19.4. The molecule has 1 aromatic heterocycles. The molecule has 0 amide bonds. The third kappa shape index (κ3) is 3.03. The lowest BCUT2D eigenvalue weighted by molar-refractivity contribution is 0.318. The summed E-state index contributed by atoms with van der Waals surface area (Å²) in [4.78, 5) is 11.6. The SMILES string of the molecule is Cc1cc(-c2ccccc2)nc(CN2CCC(N)C2)n1. The minimum atomic E-state index is 0.299. The Morgan fingerprint density at radius 1 is 1.25 bits per heavy atom. The van der Waals surface area contributed by atoms with E-state index in [1.165, 1.54) is 0 Å². The number of nitrogens with two attached hydrogens (primary N) is 1. The van der Waals surface area contributed by atoms with Gasteiger partial charge in [-0.25, -0.2) is 9.97 Å². The molecular weight excluding hydrogens is 248 g/mol. The third-order valence-electron chi connectivity index (χ3n) is 3.64. The molecule has 104 valence electrons. The molecule has 2 N–H and O–H groups in total. The van der Waals surface area contributed by atoms with Crippen LogP contribution in [-0.2, 0) is 6.54 Å². The van der Waals surface area contributed by atoms with Gasteiger partial charge in [0.05, 0.1) is 12.2 Å². The summed E-state index contributed by atoms with van der Waals surface area (Å²) in [5, 5.41) is 0. The van der Waals surface area contributed by atoms with Crippen LogP contribution in [0.1, 0.15) is 17.9 Å². The fraction of sp³-hybridized carbons (Fsp3) is 0.375. The molecular formula is C16H20N4. The van der Waals surface area contributed by atoms with Crippen LogP contribution in [0.4, 0.5) is 0 Å². The molecule has 1 aromatic carbocycles. The highest BCUT2D eigenvalue weighted by Gasteiger charge is 2.20. The van der Waals surface area contributed by atoms with Crippen LogP contribution in [0, 0.1) is 6.92 Å². The first kappa shape index (κ1) is 13.2. The lowest BCUT2D eigenvalue weighted by Crippen LogP contribution is -2.27. The summed E-state index contributed by atoms with van der Waals surface area (Å²) in [7, 11) is 0. The molecule has 0 aliphatic carbocycles. The molecule has 1 saturated heterocycles. The van der Waals surface area contributed by atoms with Crippen molar-refractivity contribution in [1.29, 1.82) is 0 Å². The molecule has 0 spiro atoms. The Morgan fingerprint density at radius 2 is 2.05 bits per heavy atom. The highest BCUT2D eigenvalue weighted by molar-refractivity contribution is 5.58. The van der Waals surface area contributed by atoms with Gasteiger partial charge < -0.3 is 5.73 Å². The summed E-state index contributed by atoms with van der Waals surface area (Å²) in [6.07, 6.45) is 1.07. The van der Waals surface area contributed by atoms with Crippen molar-refractivity contribution in [2.75, 3.05) is 13.1 Å². The second kappa shape index (κ2) is 5.69. The molecule has 0 saturated carbocycles. The van der Waals surface area contributed by atoms with E-state index in [1.54, 1.807) is 0 Å². The molecule has 2 aromatic rings. The van der Waals surface area contributed by atoms with Crippen molar-refractivity contribution in [1.82, 2.24) is 14.9 Å². The molecule has 2 heterocycles. The average molecular weight is 268 g/mol. The van der Waals surface area contributed by atoms with Crippen LogP contribution in [0.3, 0.4) is 0 Å². The van der Waals surface area contributed by atoms with Crippen molar-refractivity contribution in [3.8, 4) is 11.3 Å². The zero-order valence-electron chi connectivity index (χ0n) is 11.8. The highest BCUT2D eigenvalue weighted by atomic mass is 15.2. The van der Waals surface area contributed by atoms with E-state index in [-0.39, 0.29) is 0 Å². The van der Waals surface area contributed by atoms with Crippen LogP contribution in [-0.4, -0.2) is 34.0 Å². The van der Waals surface area contributed by atoms with Gasteiger partial charge in [-0.05, 0) is 19.4 Å². The Kier molecular flexibility index (Phi) is 3.76. The molecule has 20 heavy (non-hydrogen) atoms. The van der Waals surface area contributed by atoms with Gasteiger partial charge in [-0.1, -0.05) is 30.3 Å². The molecule has 1 aliphatic heterocycles. The molecule has 1 atom stereocenters. The quantitative estimate of drug-likeness (QED) is 0.925. The van der Waals surface area contributed by atoms with Crippen LogP contribution >= 0.6 is 0 Å². The van der Waals surface area contributed by atoms with E-state index in [4.69, 9.17) is 10.7 Å². The zero-order valence-corrected chi connectivity index (χ0v) is 11.8. The monoisotopic (exact) mass is 268 g/mol. The average Bonchev–Trinajstić information content (AvgIpc) is 2.84. The van der Waals surface area contributed by atoms with Crippen molar-refractivity contribution >= 4 is 0 Å². The fourth-order valence-corrected chi connectivity index (χ4v) is 2.66. The number of aromatic nitrogens is 2. The lowest BCUT2D eigenvalue weighted by Gasteiger charge is -2.15. The smallest absolute Gasteiger partial charge is 0.143 e. The van der Waals surface area contributed by atoms with Gasteiger partial charge in [0.15, 0.2) is 0 Å². The maximum Gasteiger partial charge on any atom is 0.143 e. The van der Waals surface area contributed by atoms with Crippen LogP contribution in [0.2, 0.25) is 0 Å². The Morgan fingerprint density at radius 3 is 2.75 bits per heavy atom. The van der Waals surface area contributed by atoms with E-state index in [0.29, 0.717) is 6.04 Å². The number of hydrogen-bond acceptors (Lipinski definition) is 4. The minimum absolute atomic E-state index is 0.299. The second-order valence-electron chi connectivity index (χ2n) is 5.46. The maximum atomic E-state index is 5.95. The van der Waals surface area contributed by atoms with Gasteiger partial charge in [-0.15, -0.1) is 0 Å². The van der Waals surface area contributed by atoms with E-state index in [2.05, 4.69) is 22.0 Å². The van der Waals surface area contributed by atoms with Crippen LogP contribution in [0.25, 0.3) is 11.3 Å². The van der Waals surface area contributed by atoms with Gasteiger partial charge in [0.25, 0.3) is 0 Å². The standard InChI is InChI=1S/C16H20N4/c1-12-9-15(13-5-3-2-4-6-13)19-16(18-12)11-20-8-7-14(17)10-20/h2-6,9,14H,7-8,10-11,17H2,1H3. The number of likely N-dealkylation sites (tertiary alicyclic amines) is 1. The number of nitrogens with zero attached hydrogens (tertiary/aromatic N) is 3. The summed E-state index contributed by atoms with van der Waals surface area (Å²) in [5.74, 6) is 0.887. The first-order valence-electron chi connectivity index (χ1n) is 7.08. The highest BCUT2D eigenvalue weighted by Crippen LogP contribution is 2.18. The van der Waals surface area contributed by atoms with Crippen molar-refractivity contribution in [3.05, 3.63) is 47.9 Å².